The molecule has 28 heavy (non-hydrogen) atoms. The minimum absolute atomic E-state index is 0.151. The van der Waals surface area contributed by atoms with Gasteiger partial charge in [0, 0.05) is 56.6 Å². The summed E-state index contributed by atoms with van der Waals surface area (Å²) in [7, 11) is 3.99. The Bertz CT molecular complexity index is 869. The minimum atomic E-state index is -0.151. The van der Waals surface area contributed by atoms with Crippen LogP contribution in [0.1, 0.15) is 24.1 Å². The van der Waals surface area contributed by atoms with E-state index in [-0.39, 0.29) is 12.1 Å². The summed E-state index contributed by atoms with van der Waals surface area (Å²) < 4.78 is 0. The smallest absolute Gasteiger partial charge is 0.319 e. The Kier molecular flexibility index (Phi) is 5.14. The van der Waals surface area contributed by atoms with Gasteiger partial charge >= 0.3 is 6.03 Å². The average molecular weight is 378 g/mol. The van der Waals surface area contributed by atoms with Crippen LogP contribution in [-0.2, 0) is 6.42 Å². The maximum atomic E-state index is 12.3. The van der Waals surface area contributed by atoms with Gasteiger partial charge < -0.3 is 20.4 Å². The number of anilines is 3. The number of hydrogen-bond acceptors (Lipinski definition) is 5. The van der Waals surface area contributed by atoms with Gasteiger partial charge in [-0.15, -0.1) is 0 Å². The number of piperidine rings is 1. The molecule has 0 radical (unpaired) electrons. The van der Waals surface area contributed by atoms with Crippen molar-refractivity contribution in [3.8, 4) is 0 Å². The minimum Gasteiger partial charge on any atom is -0.378 e. The van der Waals surface area contributed by atoms with Crippen LogP contribution in [-0.4, -0.2) is 49.2 Å². The van der Waals surface area contributed by atoms with Gasteiger partial charge in [-0.25, -0.2) is 14.8 Å². The molecule has 2 aromatic rings. The Hall–Kier alpha value is -3.09. The molecular weight excluding hydrogens is 352 g/mol. The molecule has 1 aliphatic carbocycles. The summed E-state index contributed by atoms with van der Waals surface area (Å²) in [4.78, 5) is 25.5. The maximum absolute atomic E-state index is 12.3. The molecule has 2 aliphatic rings. The van der Waals surface area contributed by atoms with E-state index in [2.05, 4.69) is 37.7 Å². The van der Waals surface area contributed by atoms with E-state index in [1.807, 2.05) is 43.3 Å². The molecule has 1 saturated heterocycles. The summed E-state index contributed by atoms with van der Waals surface area (Å²) >= 11 is 0. The maximum Gasteiger partial charge on any atom is 0.319 e. The lowest BCUT2D eigenvalue weighted by atomic mass is 10.0. The first kappa shape index (κ1) is 18.3. The fourth-order valence-electron chi connectivity index (χ4n) is 3.73. The average Bonchev–Trinajstić information content (AvgIpc) is 3.18. The molecule has 1 aromatic carbocycles. The number of amides is 2. The third-order valence-corrected chi connectivity index (χ3v) is 5.31. The first-order chi connectivity index (χ1) is 13.6. The molecule has 7 heteroatoms. The number of nitrogens with zero attached hydrogens (tertiary/aromatic N) is 4. The molecule has 4 rings (SSSR count). The number of nitrogens with one attached hydrogen (secondary N) is 2. The van der Waals surface area contributed by atoms with Crippen LogP contribution in [0.5, 0.6) is 0 Å². The van der Waals surface area contributed by atoms with Crippen molar-refractivity contribution in [2.75, 3.05) is 42.3 Å². The molecule has 0 bridgehead atoms. The standard InChI is InChI=1S/C21H26N6O/c1-26(2)17-8-6-15(7-9-17)24-21(28)25-16-10-12-27(13-11-16)20-18-4-3-5-19(18)22-14-23-20/h3-4,6-9,14,16H,5,10-13H2,1-2H3,(H2,24,25,28). The van der Waals surface area contributed by atoms with Crippen molar-refractivity contribution < 1.29 is 4.79 Å². The van der Waals surface area contributed by atoms with Gasteiger partial charge in [0.25, 0.3) is 0 Å². The molecule has 0 spiro atoms. The number of benzene rings is 1. The van der Waals surface area contributed by atoms with Gasteiger partial charge in [0.15, 0.2) is 0 Å². The Morgan fingerprint density at radius 3 is 2.61 bits per heavy atom. The van der Waals surface area contributed by atoms with E-state index < -0.39 is 0 Å². The van der Waals surface area contributed by atoms with Crippen molar-refractivity contribution in [3.63, 3.8) is 0 Å². The summed E-state index contributed by atoms with van der Waals surface area (Å²) in [5.74, 6) is 1.02. The largest absolute Gasteiger partial charge is 0.378 e. The monoisotopic (exact) mass is 378 g/mol. The van der Waals surface area contributed by atoms with Crippen LogP contribution < -0.4 is 20.4 Å². The van der Waals surface area contributed by atoms with Gasteiger partial charge in [0.2, 0.25) is 0 Å². The number of allylic oxidation sites excluding steroid dienone is 1. The molecule has 0 saturated carbocycles. The number of aromatic nitrogens is 2. The van der Waals surface area contributed by atoms with Crippen LogP contribution in [0.3, 0.4) is 0 Å². The molecule has 2 N–H and O–H groups in total. The second-order valence-corrected chi connectivity index (χ2v) is 7.47. The topological polar surface area (TPSA) is 73.4 Å². The highest BCUT2D eigenvalue weighted by molar-refractivity contribution is 5.89. The highest BCUT2D eigenvalue weighted by atomic mass is 16.2. The van der Waals surface area contributed by atoms with Gasteiger partial charge in [-0.2, -0.15) is 0 Å². The quantitative estimate of drug-likeness (QED) is 0.856. The Balaban J connectivity index is 1.29. The zero-order valence-corrected chi connectivity index (χ0v) is 16.4. The second kappa shape index (κ2) is 7.88. The predicted octanol–water partition coefficient (Wildman–Crippen LogP) is 2.90. The number of fused-ring (bicyclic) bond motifs is 1. The summed E-state index contributed by atoms with van der Waals surface area (Å²) in [5.41, 5.74) is 4.14. The lowest BCUT2D eigenvalue weighted by molar-refractivity contribution is 0.246. The molecular formula is C21H26N6O. The third kappa shape index (κ3) is 3.93. The van der Waals surface area contributed by atoms with E-state index in [1.54, 1.807) is 6.33 Å². The van der Waals surface area contributed by atoms with Crippen LogP contribution in [0.15, 0.2) is 36.7 Å². The van der Waals surface area contributed by atoms with Crippen LogP contribution in [0.25, 0.3) is 6.08 Å². The van der Waals surface area contributed by atoms with E-state index in [0.717, 1.165) is 60.8 Å². The number of rotatable bonds is 4. The third-order valence-electron chi connectivity index (χ3n) is 5.31. The number of hydrogen-bond donors (Lipinski definition) is 2. The Labute approximate surface area is 165 Å². The highest BCUT2D eigenvalue weighted by Crippen LogP contribution is 2.28. The molecule has 2 amide bonds. The van der Waals surface area contributed by atoms with E-state index in [4.69, 9.17) is 0 Å². The predicted molar refractivity (Wildman–Crippen MR) is 113 cm³/mol. The second-order valence-electron chi connectivity index (χ2n) is 7.47. The van der Waals surface area contributed by atoms with Crippen LogP contribution in [0.4, 0.5) is 22.0 Å². The van der Waals surface area contributed by atoms with E-state index in [0.29, 0.717) is 0 Å². The van der Waals surface area contributed by atoms with E-state index in [9.17, 15) is 4.79 Å². The van der Waals surface area contributed by atoms with E-state index >= 15 is 0 Å². The zero-order chi connectivity index (χ0) is 19.5. The van der Waals surface area contributed by atoms with Crippen LogP contribution >= 0.6 is 0 Å². The van der Waals surface area contributed by atoms with Gasteiger partial charge in [0.1, 0.15) is 12.1 Å². The normalized spacial score (nSPS) is 16.0. The Morgan fingerprint density at radius 2 is 1.89 bits per heavy atom. The van der Waals surface area contributed by atoms with Crippen molar-refractivity contribution in [2.24, 2.45) is 0 Å². The van der Waals surface area contributed by atoms with Crippen molar-refractivity contribution in [1.82, 2.24) is 15.3 Å². The van der Waals surface area contributed by atoms with Crippen molar-refractivity contribution in [3.05, 3.63) is 47.9 Å². The lowest BCUT2D eigenvalue weighted by Gasteiger charge is -2.33. The highest BCUT2D eigenvalue weighted by Gasteiger charge is 2.24. The molecule has 1 aliphatic heterocycles. The molecule has 1 aromatic heterocycles. The summed E-state index contributed by atoms with van der Waals surface area (Å²) in [5, 5.41) is 6.02. The lowest BCUT2D eigenvalue weighted by Crippen LogP contribution is -2.46. The number of carbonyl (C=O) groups is 1. The SMILES string of the molecule is CN(C)c1ccc(NC(=O)NC2CCN(c3ncnc4c3C=CC4)CC2)cc1. The summed E-state index contributed by atoms with van der Waals surface area (Å²) in [6, 6.07) is 7.83. The first-order valence-electron chi connectivity index (χ1n) is 9.70. The molecule has 0 atom stereocenters. The van der Waals surface area contributed by atoms with Crippen molar-refractivity contribution in [1.29, 1.82) is 0 Å². The van der Waals surface area contributed by atoms with Gasteiger partial charge in [-0.1, -0.05) is 12.2 Å². The molecule has 146 valence electrons. The van der Waals surface area contributed by atoms with Gasteiger partial charge in [0.05, 0.1) is 5.69 Å². The van der Waals surface area contributed by atoms with Crippen LogP contribution in [0.2, 0.25) is 0 Å². The molecule has 0 unspecified atom stereocenters. The molecule has 7 nitrogen and oxygen atoms in total. The summed E-state index contributed by atoms with van der Waals surface area (Å²) in [6.07, 6.45) is 8.58. The fraction of sp³-hybridized carbons (Fsp3) is 0.381. The number of carbonyl (C=O) groups excluding carboxylic acids is 1. The van der Waals surface area contributed by atoms with Gasteiger partial charge in [-0.3, -0.25) is 0 Å². The van der Waals surface area contributed by atoms with E-state index in [1.165, 1.54) is 0 Å². The van der Waals surface area contributed by atoms with Gasteiger partial charge in [-0.05, 0) is 37.1 Å². The summed E-state index contributed by atoms with van der Waals surface area (Å²) in [6.45, 7) is 1.75. The molecule has 2 heterocycles. The van der Waals surface area contributed by atoms with Crippen molar-refractivity contribution in [2.45, 2.75) is 25.3 Å². The van der Waals surface area contributed by atoms with Crippen LogP contribution in [0, 0.1) is 0 Å². The van der Waals surface area contributed by atoms with Crippen molar-refractivity contribution >= 4 is 29.3 Å². The first-order valence-corrected chi connectivity index (χ1v) is 9.70. The molecule has 1 fully saturated rings. The number of urea groups is 1. The Morgan fingerprint density at radius 1 is 1.14 bits per heavy atom. The fourth-order valence-corrected chi connectivity index (χ4v) is 3.73. The zero-order valence-electron chi connectivity index (χ0n) is 16.4.